The molecule has 3 aromatic heterocycles. The highest BCUT2D eigenvalue weighted by atomic mass is 16.5. The van der Waals surface area contributed by atoms with Crippen molar-refractivity contribution in [3.63, 3.8) is 0 Å². The van der Waals surface area contributed by atoms with Gasteiger partial charge in [-0.2, -0.15) is 14.7 Å². The van der Waals surface area contributed by atoms with E-state index in [1.165, 1.54) is 0 Å². The standard InChI is InChI=1S/C15H19N7O/c1-8-4-14(22-13(16-8)5-9(2)21-22)18-12-7-23-6-11(12)15-17-10(3)19-20-15/h4-5,11-12,18H,6-7H2,1-3H3,(H,17,19,20)/t11-,12+/m0/s1. The third-order valence-electron chi connectivity index (χ3n) is 4.04. The number of nitrogens with one attached hydrogen (secondary N) is 2. The molecule has 0 radical (unpaired) electrons. The van der Waals surface area contributed by atoms with E-state index in [0.717, 1.165) is 34.5 Å². The molecule has 8 nitrogen and oxygen atoms in total. The Kier molecular flexibility index (Phi) is 3.26. The van der Waals surface area contributed by atoms with Crippen molar-refractivity contribution in [1.82, 2.24) is 29.8 Å². The lowest BCUT2D eigenvalue weighted by Crippen LogP contribution is -2.28. The van der Waals surface area contributed by atoms with Gasteiger partial charge in [-0.25, -0.2) is 9.97 Å². The fourth-order valence-electron chi connectivity index (χ4n) is 2.98. The zero-order valence-corrected chi connectivity index (χ0v) is 13.4. The summed E-state index contributed by atoms with van der Waals surface area (Å²) in [5.41, 5.74) is 2.73. The van der Waals surface area contributed by atoms with Crippen LogP contribution >= 0.6 is 0 Å². The highest BCUT2D eigenvalue weighted by Crippen LogP contribution is 2.26. The third kappa shape index (κ3) is 2.55. The summed E-state index contributed by atoms with van der Waals surface area (Å²) in [4.78, 5) is 8.96. The summed E-state index contributed by atoms with van der Waals surface area (Å²) in [5.74, 6) is 2.63. The maximum Gasteiger partial charge on any atom is 0.158 e. The van der Waals surface area contributed by atoms with E-state index in [-0.39, 0.29) is 12.0 Å². The van der Waals surface area contributed by atoms with E-state index >= 15 is 0 Å². The minimum atomic E-state index is 0.0970. The number of aryl methyl sites for hydroxylation is 3. The average Bonchev–Trinajstić information content (AvgIpc) is 3.18. The van der Waals surface area contributed by atoms with Crippen LogP contribution in [0.25, 0.3) is 5.65 Å². The average molecular weight is 313 g/mol. The summed E-state index contributed by atoms with van der Waals surface area (Å²) in [7, 11) is 0. The predicted molar refractivity (Wildman–Crippen MR) is 84.6 cm³/mol. The molecule has 2 N–H and O–H groups in total. The Morgan fingerprint density at radius 3 is 2.83 bits per heavy atom. The number of anilines is 1. The summed E-state index contributed by atoms with van der Waals surface area (Å²) >= 11 is 0. The number of hydrogen-bond acceptors (Lipinski definition) is 6. The van der Waals surface area contributed by atoms with Gasteiger partial charge in [-0.3, -0.25) is 5.10 Å². The van der Waals surface area contributed by atoms with E-state index in [1.807, 2.05) is 37.4 Å². The molecule has 1 fully saturated rings. The van der Waals surface area contributed by atoms with Crippen molar-refractivity contribution in [3.05, 3.63) is 35.2 Å². The minimum absolute atomic E-state index is 0.0970. The zero-order chi connectivity index (χ0) is 16.0. The molecule has 120 valence electrons. The first kappa shape index (κ1) is 14.1. The fourth-order valence-corrected chi connectivity index (χ4v) is 2.98. The summed E-state index contributed by atoms with van der Waals surface area (Å²) in [6.07, 6.45) is 0. The SMILES string of the molecule is Cc1cc(N[C@@H]2COC[C@@H]2c2n[nH]c(C)n2)n2nc(C)cc2n1. The fraction of sp³-hybridized carbons (Fsp3) is 0.467. The first-order chi connectivity index (χ1) is 11.1. The Balaban J connectivity index is 1.67. The summed E-state index contributed by atoms with van der Waals surface area (Å²) in [6, 6.07) is 4.07. The quantitative estimate of drug-likeness (QED) is 0.758. The van der Waals surface area contributed by atoms with Crippen molar-refractivity contribution in [2.45, 2.75) is 32.7 Å². The molecule has 0 bridgehead atoms. The molecule has 0 amide bonds. The van der Waals surface area contributed by atoms with Gasteiger partial charge in [0.15, 0.2) is 11.5 Å². The molecule has 0 spiro atoms. The van der Waals surface area contributed by atoms with Crippen LogP contribution in [0, 0.1) is 20.8 Å². The molecular weight excluding hydrogens is 294 g/mol. The topological polar surface area (TPSA) is 93.0 Å². The van der Waals surface area contributed by atoms with Crippen LogP contribution in [-0.4, -0.2) is 49.0 Å². The van der Waals surface area contributed by atoms with E-state index in [9.17, 15) is 0 Å². The lowest BCUT2D eigenvalue weighted by Gasteiger charge is -2.18. The van der Waals surface area contributed by atoms with E-state index < -0.39 is 0 Å². The molecule has 23 heavy (non-hydrogen) atoms. The van der Waals surface area contributed by atoms with Crippen LogP contribution in [0.3, 0.4) is 0 Å². The number of ether oxygens (including phenoxy) is 1. The van der Waals surface area contributed by atoms with Gasteiger partial charge in [-0.15, -0.1) is 0 Å². The molecule has 4 heterocycles. The van der Waals surface area contributed by atoms with Gasteiger partial charge in [0, 0.05) is 17.8 Å². The lowest BCUT2D eigenvalue weighted by atomic mass is 10.0. The molecule has 3 aromatic rings. The van der Waals surface area contributed by atoms with E-state index in [2.05, 4.69) is 30.6 Å². The number of hydrogen-bond donors (Lipinski definition) is 2. The highest BCUT2D eigenvalue weighted by Gasteiger charge is 2.33. The maximum absolute atomic E-state index is 5.65. The summed E-state index contributed by atoms with van der Waals surface area (Å²) in [5, 5.41) is 15.2. The van der Waals surface area contributed by atoms with Gasteiger partial charge in [0.1, 0.15) is 11.6 Å². The molecule has 0 saturated carbocycles. The number of nitrogens with zero attached hydrogens (tertiary/aromatic N) is 5. The number of rotatable bonds is 3. The number of aromatic nitrogens is 6. The Morgan fingerprint density at radius 1 is 1.17 bits per heavy atom. The van der Waals surface area contributed by atoms with Gasteiger partial charge in [0.25, 0.3) is 0 Å². The molecule has 8 heteroatoms. The van der Waals surface area contributed by atoms with Gasteiger partial charge in [0.2, 0.25) is 0 Å². The van der Waals surface area contributed by atoms with Gasteiger partial charge in [0.05, 0.1) is 30.9 Å². The normalized spacial score (nSPS) is 21.2. The first-order valence-electron chi connectivity index (χ1n) is 7.67. The zero-order valence-electron chi connectivity index (χ0n) is 13.4. The second-order valence-electron chi connectivity index (χ2n) is 6.01. The molecule has 0 aliphatic carbocycles. The van der Waals surface area contributed by atoms with Crippen molar-refractivity contribution >= 4 is 11.5 Å². The highest BCUT2D eigenvalue weighted by molar-refractivity contribution is 5.51. The van der Waals surface area contributed by atoms with Gasteiger partial charge in [-0.1, -0.05) is 0 Å². The van der Waals surface area contributed by atoms with Gasteiger partial charge < -0.3 is 10.1 Å². The maximum atomic E-state index is 5.65. The molecular formula is C15H19N7O. The van der Waals surface area contributed by atoms with Gasteiger partial charge in [-0.05, 0) is 20.8 Å². The van der Waals surface area contributed by atoms with Crippen LogP contribution < -0.4 is 5.32 Å². The van der Waals surface area contributed by atoms with Crippen LogP contribution in [0.1, 0.15) is 29.0 Å². The smallest absolute Gasteiger partial charge is 0.158 e. The van der Waals surface area contributed by atoms with Crippen LogP contribution in [0.5, 0.6) is 0 Å². The summed E-state index contributed by atoms with van der Waals surface area (Å²) < 4.78 is 7.49. The molecule has 1 aliphatic rings. The van der Waals surface area contributed by atoms with E-state index in [0.29, 0.717) is 13.2 Å². The molecule has 2 atom stereocenters. The lowest BCUT2D eigenvalue weighted by molar-refractivity contribution is 0.191. The number of aromatic amines is 1. The second kappa shape index (κ2) is 5.31. The monoisotopic (exact) mass is 313 g/mol. The molecule has 1 saturated heterocycles. The van der Waals surface area contributed by atoms with Crippen molar-refractivity contribution in [3.8, 4) is 0 Å². The van der Waals surface area contributed by atoms with Crippen LogP contribution in [0.4, 0.5) is 5.82 Å². The number of fused-ring (bicyclic) bond motifs is 1. The van der Waals surface area contributed by atoms with Crippen molar-refractivity contribution in [2.24, 2.45) is 0 Å². The third-order valence-corrected chi connectivity index (χ3v) is 4.04. The molecule has 4 rings (SSSR count). The Morgan fingerprint density at radius 2 is 2.04 bits per heavy atom. The Bertz CT molecular complexity index is 853. The Labute approximate surface area is 133 Å². The Hall–Kier alpha value is -2.48. The predicted octanol–water partition coefficient (Wildman–Crippen LogP) is 1.37. The van der Waals surface area contributed by atoms with Crippen LogP contribution in [-0.2, 0) is 4.74 Å². The largest absolute Gasteiger partial charge is 0.378 e. The number of H-pyrrole nitrogens is 1. The van der Waals surface area contributed by atoms with Gasteiger partial charge >= 0.3 is 0 Å². The van der Waals surface area contributed by atoms with Crippen molar-refractivity contribution < 1.29 is 4.74 Å². The van der Waals surface area contributed by atoms with E-state index in [1.54, 1.807) is 0 Å². The minimum Gasteiger partial charge on any atom is -0.378 e. The second-order valence-corrected chi connectivity index (χ2v) is 6.01. The van der Waals surface area contributed by atoms with Crippen molar-refractivity contribution in [1.29, 1.82) is 0 Å². The molecule has 0 unspecified atom stereocenters. The van der Waals surface area contributed by atoms with Crippen LogP contribution in [0.15, 0.2) is 12.1 Å². The molecule has 1 aliphatic heterocycles. The first-order valence-corrected chi connectivity index (χ1v) is 7.67. The van der Waals surface area contributed by atoms with Crippen LogP contribution in [0.2, 0.25) is 0 Å². The molecule has 0 aromatic carbocycles. The van der Waals surface area contributed by atoms with Crippen molar-refractivity contribution in [2.75, 3.05) is 18.5 Å². The summed E-state index contributed by atoms with van der Waals surface area (Å²) in [6.45, 7) is 7.07. The van der Waals surface area contributed by atoms with E-state index in [4.69, 9.17) is 4.74 Å².